The van der Waals surface area contributed by atoms with Crippen molar-refractivity contribution in [1.29, 1.82) is 0 Å². The first-order valence-electron chi connectivity index (χ1n) is 9.43. The van der Waals surface area contributed by atoms with E-state index in [1.807, 2.05) is 36.6 Å². The monoisotopic (exact) mass is 398 g/mol. The minimum Gasteiger partial charge on any atom is -0.352 e. The van der Waals surface area contributed by atoms with Gasteiger partial charge in [-0.05, 0) is 30.7 Å². The molecule has 0 unspecified atom stereocenters. The summed E-state index contributed by atoms with van der Waals surface area (Å²) in [6.07, 6.45) is 6.94. The standard InChI is InChI=1S/C20H26N6OS/c1-15(2)13-25-18(23-24-20(25)28-3)10-7-11-21-19(27)16-12-22-26(14-16)17-8-5-4-6-9-17/h4-6,8-9,12,14-15H,7,10-11,13H2,1-3H3,(H,21,27). The number of aromatic nitrogens is 5. The number of hydrogen-bond acceptors (Lipinski definition) is 5. The van der Waals surface area contributed by atoms with Crippen LogP contribution in [0.25, 0.3) is 5.69 Å². The SMILES string of the molecule is CSc1nnc(CCCNC(=O)c2cnn(-c3ccccc3)c2)n1CC(C)C. The lowest BCUT2D eigenvalue weighted by atomic mass is 10.2. The van der Waals surface area contributed by atoms with Crippen LogP contribution in [0.1, 0.15) is 36.5 Å². The molecule has 148 valence electrons. The van der Waals surface area contributed by atoms with E-state index in [-0.39, 0.29) is 5.91 Å². The molecule has 1 N–H and O–H groups in total. The van der Waals surface area contributed by atoms with Crippen LogP contribution in [0.2, 0.25) is 0 Å². The van der Waals surface area contributed by atoms with Gasteiger partial charge in [0.1, 0.15) is 5.82 Å². The second-order valence-corrected chi connectivity index (χ2v) is 7.75. The fourth-order valence-corrected chi connectivity index (χ4v) is 3.44. The molecule has 0 bridgehead atoms. The molecule has 2 aromatic heterocycles. The molecule has 0 atom stereocenters. The van der Waals surface area contributed by atoms with Gasteiger partial charge in [0.2, 0.25) is 0 Å². The number of thioether (sulfide) groups is 1. The van der Waals surface area contributed by atoms with Gasteiger partial charge in [0.15, 0.2) is 5.16 Å². The number of benzene rings is 1. The molecule has 8 heteroatoms. The number of nitrogens with one attached hydrogen (secondary N) is 1. The third-order valence-electron chi connectivity index (χ3n) is 4.25. The first-order valence-corrected chi connectivity index (χ1v) is 10.6. The molecule has 0 saturated carbocycles. The number of carbonyl (C=O) groups is 1. The van der Waals surface area contributed by atoms with E-state index in [2.05, 4.69) is 39.0 Å². The van der Waals surface area contributed by atoms with Crippen molar-refractivity contribution in [3.05, 3.63) is 54.1 Å². The summed E-state index contributed by atoms with van der Waals surface area (Å²) < 4.78 is 3.88. The second-order valence-electron chi connectivity index (χ2n) is 6.98. The van der Waals surface area contributed by atoms with Crippen LogP contribution in [-0.2, 0) is 13.0 Å². The van der Waals surface area contributed by atoms with E-state index in [0.717, 1.165) is 36.1 Å². The summed E-state index contributed by atoms with van der Waals surface area (Å²) in [4.78, 5) is 12.4. The summed E-state index contributed by atoms with van der Waals surface area (Å²) >= 11 is 1.61. The van der Waals surface area contributed by atoms with E-state index in [1.165, 1.54) is 0 Å². The molecule has 0 radical (unpaired) electrons. The predicted octanol–water partition coefficient (Wildman–Crippen LogP) is 3.20. The molecule has 0 saturated heterocycles. The van der Waals surface area contributed by atoms with Crippen LogP contribution >= 0.6 is 11.8 Å². The van der Waals surface area contributed by atoms with E-state index in [0.29, 0.717) is 18.0 Å². The molecule has 3 aromatic rings. The van der Waals surface area contributed by atoms with Crippen molar-refractivity contribution in [3.63, 3.8) is 0 Å². The summed E-state index contributed by atoms with van der Waals surface area (Å²) in [5.41, 5.74) is 1.48. The molecule has 7 nitrogen and oxygen atoms in total. The summed E-state index contributed by atoms with van der Waals surface area (Å²) in [6.45, 7) is 5.86. The lowest BCUT2D eigenvalue weighted by Crippen LogP contribution is -2.24. The maximum absolute atomic E-state index is 12.4. The number of aryl methyl sites for hydroxylation is 1. The normalized spacial score (nSPS) is 11.1. The van der Waals surface area contributed by atoms with Gasteiger partial charge in [0.25, 0.3) is 5.91 Å². The number of para-hydroxylation sites is 1. The van der Waals surface area contributed by atoms with E-state index in [4.69, 9.17) is 0 Å². The quantitative estimate of drug-likeness (QED) is 0.442. The van der Waals surface area contributed by atoms with Crippen LogP contribution in [0.15, 0.2) is 47.9 Å². The smallest absolute Gasteiger partial charge is 0.254 e. The largest absolute Gasteiger partial charge is 0.352 e. The zero-order valence-corrected chi connectivity index (χ0v) is 17.3. The van der Waals surface area contributed by atoms with Crippen molar-refractivity contribution in [2.45, 2.75) is 38.4 Å². The first kappa shape index (κ1) is 20.1. The molecule has 0 aliphatic carbocycles. The van der Waals surface area contributed by atoms with Gasteiger partial charge in [-0.3, -0.25) is 4.79 Å². The minimum absolute atomic E-state index is 0.115. The number of amides is 1. The molecule has 0 spiro atoms. The highest BCUT2D eigenvalue weighted by Crippen LogP contribution is 2.16. The third-order valence-corrected chi connectivity index (χ3v) is 4.92. The summed E-state index contributed by atoms with van der Waals surface area (Å²) in [7, 11) is 0. The average Bonchev–Trinajstić information content (AvgIpc) is 3.33. The van der Waals surface area contributed by atoms with Crippen molar-refractivity contribution in [2.24, 2.45) is 5.92 Å². The molecule has 0 fully saturated rings. The van der Waals surface area contributed by atoms with Crippen LogP contribution in [0.4, 0.5) is 0 Å². The molecular weight excluding hydrogens is 372 g/mol. The fraction of sp³-hybridized carbons (Fsp3) is 0.400. The van der Waals surface area contributed by atoms with Crippen LogP contribution in [0, 0.1) is 5.92 Å². The number of carbonyl (C=O) groups excluding carboxylic acids is 1. The maximum atomic E-state index is 12.4. The van der Waals surface area contributed by atoms with Crippen molar-refractivity contribution in [1.82, 2.24) is 29.9 Å². The van der Waals surface area contributed by atoms with Gasteiger partial charge < -0.3 is 9.88 Å². The minimum atomic E-state index is -0.115. The van der Waals surface area contributed by atoms with Gasteiger partial charge in [-0.1, -0.05) is 43.8 Å². The van der Waals surface area contributed by atoms with Gasteiger partial charge >= 0.3 is 0 Å². The molecule has 0 aliphatic rings. The topological polar surface area (TPSA) is 77.6 Å². The molecule has 1 amide bonds. The zero-order chi connectivity index (χ0) is 19.9. The summed E-state index contributed by atoms with van der Waals surface area (Å²) in [5, 5.41) is 16.7. The highest BCUT2D eigenvalue weighted by atomic mass is 32.2. The van der Waals surface area contributed by atoms with Crippen LogP contribution < -0.4 is 5.32 Å². The van der Waals surface area contributed by atoms with E-state index in [9.17, 15) is 4.79 Å². The van der Waals surface area contributed by atoms with Crippen molar-refractivity contribution in [3.8, 4) is 5.69 Å². The Morgan fingerprint density at radius 1 is 1.21 bits per heavy atom. The number of hydrogen-bond donors (Lipinski definition) is 1. The molecule has 3 rings (SSSR count). The molecule has 28 heavy (non-hydrogen) atoms. The lowest BCUT2D eigenvalue weighted by Gasteiger charge is -2.11. The third kappa shape index (κ3) is 5.01. The summed E-state index contributed by atoms with van der Waals surface area (Å²) in [5.74, 6) is 1.39. The van der Waals surface area contributed by atoms with E-state index in [1.54, 1.807) is 28.8 Å². The Hall–Kier alpha value is -2.61. The lowest BCUT2D eigenvalue weighted by molar-refractivity contribution is 0.0953. The van der Waals surface area contributed by atoms with Crippen LogP contribution in [0.5, 0.6) is 0 Å². The average molecular weight is 399 g/mol. The highest BCUT2D eigenvalue weighted by molar-refractivity contribution is 7.98. The van der Waals surface area contributed by atoms with E-state index >= 15 is 0 Å². The summed E-state index contributed by atoms with van der Waals surface area (Å²) in [6, 6.07) is 9.73. The molecule has 0 aliphatic heterocycles. The maximum Gasteiger partial charge on any atom is 0.254 e. The Morgan fingerprint density at radius 2 is 2.00 bits per heavy atom. The molecular formula is C20H26N6OS. The van der Waals surface area contributed by atoms with Crippen molar-refractivity contribution >= 4 is 17.7 Å². The predicted molar refractivity (Wildman–Crippen MR) is 111 cm³/mol. The van der Waals surface area contributed by atoms with Crippen molar-refractivity contribution < 1.29 is 4.79 Å². The van der Waals surface area contributed by atoms with Gasteiger partial charge in [-0.25, -0.2) is 4.68 Å². The zero-order valence-electron chi connectivity index (χ0n) is 16.5. The second kappa shape index (κ2) is 9.54. The first-order chi connectivity index (χ1) is 13.6. The van der Waals surface area contributed by atoms with Crippen LogP contribution in [-0.4, -0.2) is 43.3 Å². The van der Waals surface area contributed by atoms with Gasteiger partial charge in [-0.2, -0.15) is 5.10 Å². The van der Waals surface area contributed by atoms with Crippen molar-refractivity contribution in [2.75, 3.05) is 12.8 Å². The highest BCUT2D eigenvalue weighted by Gasteiger charge is 2.13. The Kier molecular flexibility index (Phi) is 6.86. The van der Waals surface area contributed by atoms with Crippen LogP contribution in [0.3, 0.4) is 0 Å². The Morgan fingerprint density at radius 3 is 2.71 bits per heavy atom. The van der Waals surface area contributed by atoms with Gasteiger partial charge in [-0.15, -0.1) is 10.2 Å². The number of nitrogens with zero attached hydrogens (tertiary/aromatic N) is 5. The van der Waals surface area contributed by atoms with Gasteiger partial charge in [0, 0.05) is 25.7 Å². The van der Waals surface area contributed by atoms with E-state index < -0.39 is 0 Å². The Bertz CT molecular complexity index is 903. The Labute approximate surface area is 169 Å². The number of rotatable bonds is 9. The molecule has 1 aromatic carbocycles. The molecule has 2 heterocycles. The fourth-order valence-electron chi connectivity index (χ4n) is 2.92. The van der Waals surface area contributed by atoms with Gasteiger partial charge in [0.05, 0.1) is 17.4 Å². The Balaban J connectivity index is 1.51.